The summed E-state index contributed by atoms with van der Waals surface area (Å²) in [6.07, 6.45) is 0.788. The zero-order chi connectivity index (χ0) is 17.8. The molecule has 1 saturated heterocycles. The molecule has 1 aromatic heterocycles. The molecule has 0 saturated carbocycles. The fraction of sp³-hybridized carbons (Fsp3) is 0.389. The first kappa shape index (κ1) is 17.3. The van der Waals surface area contributed by atoms with Gasteiger partial charge in [0.2, 0.25) is 0 Å². The van der Waals surface area contributed by atoms with Crippen molar-refractivity contribution in [3.05, 3.63) is 36.5 Å². The lowest BCUT2D eigenvalue weighted by atomic mass is 10.1. The lowest BCUT2D eigenvalue weighted by Crippen LogP contribution is -2.49. The predicted molar refractivity (Wildman–Crippen MR) is 93.2 cm³/mol. The van der Waals surface area contributed by atoms with Crippen molar-refractivity contribution in [3.8, 4) is 0 Å². The highest BCUT2D eigenvalue weighted by molar-refractivity contribution is 6.02. The minimum absolute atomic E-state index is 0.276. The van der Waals surface area contributed by atoms with Crippen molar-refractivity contribution in [2.75, 3.05) is 32.1 Å². The van der Waals surface area contributed by atoms with Crippen molar-refractivity contribution in [2.24, 2.45) is 0 Å². The molecule has 132 valence electrons. The minimum Gasteiger partial charge on any atom is -0.451 e. The van der Waals surface area contributed by atoms with Gasteiger partial charge in [-0.25, -0.2) is 0 Å². The number of carbonyl (C=O) groups is 2. The van der Waals surface area contributed by atoms with E-state index in [1.165, 1.54) is 0 Å². The third-order valence-corrected chi connectivity index (χ3v) is 4.23. The molecule has 7 nitrogen and oxygen atoms in total. The van der Waals surface area contributed by atoms with Gasteiger partial charge < -0.3 is 14.8 Å². The van der Waals surface area contributed by atoms with E-state index in [-0.39, 0.29) is 12.5 Å². The number of carbonyl (C=O) groups excluding carboxylic acids is 2. The Morgan fingerprint density at radius 1 is 1.36 bits per heavy atom. The number of aromatic nitrogens is 1. The SMILES string of the molecule is C[C@@H](OC(=O)[C@H]1COCCN1C)C(=O)Nc1cccc2ncccc12. The van der Waals surface area contributed by atoms with E-state index < -0.39 is 18.1 Å². The normalized spacial score (nSPS) is 19.4. The van der Waals surface area contributed by atoms with E-state index in [0.29, 0.717) is 18.8 Å². The molecular formula is C18H21N3O4. The second kappa shape index (κ2) is 7.58. The monoisotopic (exact) mass is 343 g/mol. The van der Waals surface area contributed by atoms with Gasteiger partial charge in [0.1, 0.15) is 6.04 Å². The molecule has 1 N–H and O–H groups in total. The van der Waals surface area contributed by atoms with Crippen molar-refractivity contribution in [2.45, 2.75) is 19.1 Å². The smallest absolute Gasteiger partial charge is 0.326 e. The highest BCUT2D eigenvalue weighted by atomic mass is 16.6. The quantitative estimate of drug-likeness (QED) is 0.846. The summed E-state index contributed by atoms with van der Waals surface area (Å²) < 4.78 is 10.6. The van der Waals surface area contributed by atoms with Crippen molar-refractivity contribution < 1.29 is 19.1 Å². The number of nitrogens with one attached hydrogen (secondary N) is 1. The lowest BCUT2D eigenvalue weighted by molar-refractivity contribution is -0.163. The zero-order valence-corrected chi connectivity index (χ0v) is 14.3. The lowest BCUT2D eigenvalue weighted by Gasteiger charge is -2.31. The van der Waals surface area contributed by atoms with Gasteiger partial charge in [-0.15, -0.1) is 0 Å². The van der Waals surface area contributed by atoms with Gasteiger partial charge in [0.05, 0.1) is 24.4 Å². The van der Waals surface area contributed by atoms with E-state index in [4.69, 9.17) is 9.47 Å². The van der Waals surface area contributed by atoms with Gasteiger partial charge >= 0.3 is 5.97 Å². The third kappa shape index (κ3) is 3.94. The van der Waals surface area contributed by atoms with Gasteiger partial charge in [0.25, 0.3) is 5.91 Å². The van der Waals surface area contributed by atoms with E-state index in [1.807, 2.05) is 30.1 Å². The molecule has 0 radical (unpaired) electrons. The Hall–Kier alpha value is -2.51. The number of rotatable bonds is 4. The molecule has 2 heterocycles. The molecule has 7 heteroatoms. The average molecular weight is 343 g/mol. The van der Waals surface area contributed by atoms with Gasteiger partial charge in [-0.2, -0.15) is 0 Å². The fourth-order valence-electron chi connectivity index (χ4n) is 2.69. The summed E-state index contributed by atoms with van der Waals surface area (Å²) in [5, 5.41) is 3.63. The molecule has 0 spiro atoms. The molecule has 2 aromatic rings. The first-order valence-corrected chi connectivity index (χ1v) is 8.19. The Labute approximate surface area is 145 Å². The summed E-state index contributed by atoms with van der Waals surface area (Å²) in [7, 11) is 1.84. The molecule has 0 unspecified atom stereocenters. The molecule has 1 fully saturated rings. The molecule has 25 heavy (non-hydrogen) atoms. The van der Waals surface area contributed by atoms with Gasteiger partial charge in [0, 0.05) is 18.1 Å². The van der Waals surface area contributed by atoms with Crippen LogP contribution in [0.4, 0.5) is 5.69 Å². The van der Waals surface area contributed by atoms with E-state index >= 15 is 0 Å². The molecule has 1 aromatic carbocycles. The number of fused-ring (bicyclic) bond motifs is 1. The molecule has 0 aliphatic carbocycles. The van der Waals surface area contributed by atoms with Gasteiger partial charge in [0.15, 0.2) is 6.10 Å². The highest BCUT2D eigenvalue weighted by Crippen LogP contribution is 2.21. The number of amides is 1. The van der Waals surface area contributed by atoms with E-state index in [9.17, 15) is 9.59 Å². The first-order valence-electron chi connectivity index (χ1n) is 8.19. The van der Waals surface area contributed by atoms with Crippen LogP contribution in [0.5, 0.6) is 0 Å². The summed E-state index contributed by atoms with van der Waals surface area (Å²) in [6, 6.07) is 8.68. The Balaban J connectivity index is 1.65. The summed E-state index contributed by atoms with van der Waals surface area (Å²) >= 11 is 0. The summed E-state index contributed by atoms with van der Waals surface area (Å²) in [6.45, 7) is 3.08. The summed E-state index contributed by atoms with van der Waals surface area (Å²) in [5.74, 6) is -0.839. The summed E-state index contributed by atoms with van der Waals surface area (Å²) in [4.78, 5) is 30.8. The maximum atomic E-state index is 12.4. The number of hydrogen-bond donors (Lipinski definition) is 1. The van der Waals surface area contributed by atoms with Crippen LogP contribution >= 0.6 is 0 Å². The molecule has 1 aliphatic heterocycles. The fourth-order valence-corrected chi connectivity index (χ4v) is 2.69. The van der Waals surface area contributed by atoms with Gasteiger partial charge in [-0.3, -0.25) is 19.5 Å². The van der Waals surface area contributed by atoms with Crippen molar-refractivity contribution in [1.82, 2.24) is 9.88 Å². The Kier molecular flexibility index (Phi) is 5.25. The van der Waals surface area contributed by atoms with Crippen LogP contribution in [0.25, 0.3) is 10.9 Å². The largest absolute Gasteiger partial charge is 0.451 e. The topological polar surface area (TPSA) is 80.8 Å². The third-order valence-electron chi connectivity index (χ3n) is 4.23. The molecule has 3 rings (SSSR count). The number of nitrogens with zero attached hydrogens (tertiary/aromatic N) is 2. The van der Waals surface area contributed by atoms with Gasteiger partial charge in [-0.05, 0) is 38.2 Å². The van der Waals surface area contributed by atoms with Crippen molar-refractivity contribution >= 4 is 28.5 Å². The van der Waals surface area contributed by atoms with Crippen molar-refractivity contribution in [3.63, 3.8) is 0 Å². The predicted octanol–water partition coefficient (Wildman–Crippen LogP) is 1.44. The van der Waals surface area contributed by atoms with Crippen LogP contribution in [0.3, 0.4) is 0 Å². The van der Waals surface area contributed by atoms with Crippen LogP contribution in [-0.4, -0.2) is 60.7 Å². The number of pyridine rings is 1. The van der Waals surface area contributed by atoms with E-state index in [2.05, 4.69) is 10.3 Å². The highest BCUT2D eigenvalue weighted by Gasteiger charge is 2.30. The van der Waals surface area contributed by atoms with Crippen LogP contribution in [0.2, 0.25) is 0 Å². The number of benzene rings is 1. The Bertz CT molecular complexity index is 775. The van der Waals surface area contributed by atoms with E-state index in [0.717, 1.165) is 10.9 Å². The maximum absolute atomic E-state index is 12.4. The standard InChI is InChI=1S/C18H21N3O4/c1-12(25-18(23)16-11-24-10-9-21(16)2)17(22)20-15-7-3-6-14-13(15)5-4-8-19-14/h3-8,12,16H,9-11H2,1-2H3,(H,20,22)/t12-,16-/m1/s1. The van der Waals surface area contributed by atoms with E-state index in [1.54, 1.807) is 25.3 Å². The molecule has 2 atom stereocenters. The van der Waals surface area contributed by atoms with Crippen LogP contribution in [0, 0.1) is 0 Å². The Morgan fingerprint density at radius 2 is 2.20 bits per heavy atom. The first-order chi connectivity index (χ1) is 12.1. The molecule has 0 bridgehead atoms. The average Bonchev–Trinajstić information content (AvgIpc) is 2.62. The van der Waals surface area contributed by atoms with Crippen LogP contribution in [0.15, 0.2) is 36.5 Å². The van der Waals surface area contributed by atoms with Crippen LogP contribution in [-0.2, 0) is 19.1 Å². The second-order valence-corrected chi connectivity index (χ2v) is 6.02. The maximum Gasteiger partial charge on any atom is 0.326 e. The van der Waals surface area contributed by atoms with Crippen molar-refractivity contribution in [1.29, 1.82) is 0 Å². The number of anilines is 1. The Morgan fingerprint density at radius 3 is 3.00 bits per heavy atom. The number of esters is 1. The van der Waals surface area contributed by atoms with Gasteiger partial charge in [-0.1, -0.05) is 6.07 Å². The summed E-state index contributed by atoms with van der Waals surface area (Å²) in [5.41, 5.74) is 1.42. The second-order valence-electron chi connectivity index (χ2n) is 6.02. The number of likely N-dealkylation sites (N-methyl/N-ethyl adjacent to an activating group) is 1. The zero-order valence-electron chi connectivity index (χ0n) is 14.3. The van der Waals surface area contributed by atoms with Crippen LogP contribution in [0.1, 0.15) is 6.92 Å². The number of hydrogen-bond acceptors (Lipinski definition) is 6. The molecular weight excluding hydrogens is 322 g/mol. The van der Waals surface area contributed by atoms with Crippen LogP contribution < -0.4 is 5.32 Å². The molecule has 1 amide bonds. The number of morpholine rings is 1. The minimum atomic E-state index is -0.908. The number of ether oxygens (including phenoxy) is 2. The molecule has 1 aliphatic rings.